The van der Waals surface area contributed by atoms with E-state index in [2.05, 4.69) is 10.2 Å². The van der Waals surface area contributed by atoms with Gasteiger partial charge in [-0.3, -0.25) is 19.4 Å². The maximum atomic E-state index is 12.7. The summed E-state index contributed by atoms with van der Waals surface area (Å²) in [6, 6.07) is 17.9. The standard InChI is InChI=1S/C22H26N4O3/c1-17-21(28)25(22(29)26(17)19-12-7-4-8-13-19)16-20(27)23-14-9-15-24(2)18-10-5-3-6-11-18/h3-8,10-13,17H,9,14-16H2,1-2H3,(H,23,27). The molecule has 1 aliphatic rings. The minimum atomic E-state index is -0.628. The highest BCUT2D eigenvalue weighted by Gasteiger charge is 2.43. The quantitative estimate of drug-likeness (QED) is 0.552. The normalized spacial score (nSPS) is 16.3. The van der Waals surface area contributed by atoms with Crippen LogP contribution in [0, 0.1) is 0 Å². The van der Waals surface area contributed by atoms with Crippen molar-refractivity contribution in [3.63, 3.8) is 0 Å². The van der Waals surface area contributed by atoms with Crippen molar-refractivity contribution < 1.29 is 14.4 Å². The van der Waals surface area contributed by atoms with Crippen molar-refractivity contribution in [2.24, 2.45) is 0 Å². The maximum Gasteiger partial charge on any atom is 0.332 e. The van der Waals surface area contributed by atoms with Gasteiger partial charge in [-0.2, -0.15) is 0 Å². The Labute approximate surface area is 170 Å². The molecule has 0 spiro atoms. The first-order valence-corrected chi connectivity index (χ1v) is 9.71. The Bertz CT molecular complexity index is 857. The van der Waals surface area contributed by atoms with Gasteiger partial charge in [-0.1, -0.05) is 36.4 Å². The first kappa shape index (κ1) is 20.4. The van der Waals surface area contributed by atoms with Crippen LogP contribution in [0.1, 0.15) is 13.3 Å². The lowest BCUT2D eigenvalue weighted by Gasteiger charge is -2.20. The lowest BCUT2D eigenvalue weighted by atomic mass is 10.2. The number of amides is 4. The summed E-state index contributed by atoms with van der Waals surface area (Å²) in [6.45, 7) is 2.67. The zero-order chi connectivity index (χ0) is 20.8. The summed E-state index contributed by atoms with van der Waals surface area (Å²) >= 11 is 0. The minimum Gasteiger partial charge on any atom is -0.375 e. The fourth-order valence-electron chi connectivity index (χ4n) is 3.35. The molecule has 152 valence electrons. The zero-order valence-electron chi connectivity index (χ0n) is 16.7. The van der Waals surface area contributed by atoms with Gasteiger partial charge in [0, 0.05) is 31.5 Å². The predicted octanol–water partition coefficient (Wildman–Crippen LogP) is 2.49. The maximum absolute atomic E-state index is 12.7. The Hall–Kier alpha value is -3.35. The monoisotopic (exact) mass is 394 g/mol. The molecule has 1 fully saturated rings. The molecule has 1 atom stereocenters. The molecule has 2 aromatic rings. The van der Waals surface area contributed by atoms with Gasteiger partial charge in [-0.05, 0) is 37.6 Å². The highest BCUT2D eigenvalue weighted by molar-refractivity contribution is 6.15. The average Bonchev–Trinajstić information content (AvgIpc) is 2.95. The Morgan fingerprint density at radius 3 is 2.31 bits per heavy atom. The molecule has 7 nitrogen and oxygen atoms in total. The molecule has 1 aliphatic heterocycles. The van der Waals surface area contributed by atoms with E-state index in [1.54, 1.807) is 19.1 Å². The van der Waals surface area contributed by atoms with Gasteiger partial charge in [0.15, 0.2) is 0 Å². The number of anilines is 2. The molecule has 1 unspecified atom stereocenters. The van der Waals surface area contributed by atoms with E-state index in [0.29, 0.717) is 12.2 Å². The molecule has 7 heteroatoms. The number of carbonyl (C=O) groups is 3. The van der Waals surface area contributed by atoms with Crippen molar-refractivity contribution >= 4 is 29.2 Å². The van der Waals surface area contributed by atoms with Crippen LogP contribution in [0.2, 0.25) is 0 Å². The third kappa shape index (κ3) is 4.74. The summed E-state index contributed by atoms with van der Waals surface area (Å²) in [5.74, 6) is -0.700. The SMILES string of the molecule is CC1C(=O)N(CC(=O)NCCCN(C)c2ccccc2)C(=O)N1c1ccccc1. The van der Waals surface area contributed by atoms with Crippen LogP contribution in [0.5, 0.6) is 0 Å². The molecule has 0 bridgehead atoms. The number of urea groups is 1. The first-order valence-electron chi connectivity index (χ1n) is 9.71. The summed E-state index contributed by atoms with van der Waals surface area (Å²) in [5, 5.41) is 2.80. The van der Waals surface area contributed by atoms with Crippen molar-refractivity contribution in [1.82, 2.24) is 10.2 Å². The Morgan fingerprint density at radius 1 is 1.03 bits per heavy atom. The van der Waals surface area contributed by atoms with Gasteiger partial charge in [-0.25, -0.2) is 4.79 Å². The van der Waals surface area contributed by atoms with E-state index in [1.807, 2.05) is 55.6 Å². The fraction of sp³-hybridized carbons (Fsp3) is 0.318. The van der Waals surface area contributed by atoms with Crippen molar-refractivity contribution in [2.45, 2.75) is 19.4 Å². The van der Waals surface area contributed by atoms with Crippen LogP contribution in [-0.4, -0.2) is 55.5 Å². The van der Waals surface area contributed by atoms with Crippen LogP contribution in [0.3, 0.4) is 0 Å². The van der Waals surface area contributed by atoms with Gasteiger partial charge < -0.3 is 10.2 Å². The van der Waals surface area contributed by atoms with E-state index < -0.39 is 12.1 Å². The molecule has 4 amide bonds. The van der Waals surface area contributed by atoms with E-state index >= 15 is 0 Å². The number of imide groups is 1. The molecule has 1 N–H and O–H groups in total. The van der Waals surface area contributed by atoms with Gasteiger partial charge in [0.25, 0.3) is 5.91 Å². The molecule has 1 heterocycles. The van der Waals surface area contributed by atoms with Crippen LogP contribution in [-0.2, 0) is 9.59 Å². The number of para-hydroxylation sites is 2. The molecule has 0 radical (unpaired) electrons. The highest BCUT2D eigenvalue weighted by atomic mass is 16.2. The molecule has 0 aliphatic carbocycles. The Kier molecular flexibility index (Phi) is 6.49. The third-order valence-electron chi connectivity index (χ3n) is 4.97. The van der Waals surface area contributed by atoms with E-state index in [4.69, 9.17) is 0 Å². The summed E-state index contributed by atoms with van der Waals surface area (Å²) in [7, 11) is 2.00. The minimum absolute atomic E-state index is 0.264. The molecule has 1 saturated heterocycles. The predicted molar refractivity (Wildman–Crippen MR) is 113 cm³/mol. The second-order valence-electron chi connectivity index (χ2n) is 7.05. The van der Waals surface area contributed by atoms with Crippen molar-refractivity contribution in [1.29, 1.82) is 0 Å². The second-order valence-corrected chi connectivity index (χ2v) is 7.05. The number of nitrogens with one attached hydrogen (secondary N) is 1. The van der Waals surface area contributed by atoms with E-state index in [9.17, 15) is 14.4 Å². The molecular weight excluding hydrogens is 368 g/mol. The lowest BCUT2D eigenvalue weighted by Crippen LogP contribution is -2.42. The van der Waals surface area contributed by atoms with Crippen LogP contribution < -0.4 is 15.1 Å². The summed E-state index contributed by atoms with van der Waals surface area (Å²) in [5.41, 5.74) is 1.76. The van der Waals surface area contributed by atoms with Gasteiger partial charge in [-0.15, -0.1) is 0 Å². The number of hydrogen-bond acceptors (Lipinski definition) is 4. The van der Waals surface area contributed by atoms with Gasteiger partial charge in [0.1, 0.15) is 12.6 Å². The molecule has 29 heavy (non-hydrogen) atoms. The lowest BCUT2D eigenvalue weighted by molar-refractivity contribution is -0.131. The van der Waals surface area contributed by atoms with Crippen molar-refractivity contribution in [3.8, 4) is 0 Å². The number of nitrogens with zero attached hydrogens (tertiary/aromatic N) is 3. The first-order chi connectivity index (χ1) is 14.0. The van der Waals surface area contributed by atoms with Gasteiger partial charge in [0.05, 0.1) is 0 Å². The number of benzene rings is 2. The molecule has 2 aromatic carbocycles. The van der Waals surface area contributed by atoms with E-state index in [-0.39, 0.29) is 18.4 Å². The average molecular weight is 394 g/mol. The van der Waals surface area contributed by atoms with Crippen LogP contribution >= 0.6 is 0 Å². The second kappa shape index (κ2) is 9.23. The smallest absolute Gasteiger partial charge is 0.332 e. The third-order valence-corrected chi connectivity index (χ3v) is 4.97. The van der Waals surface area contributed by atoms with E-state index in [1.165, 1.54) is 4.90 Å². The van der Waals surface area contributed by atoms with Crippen molar-refractivity contribution in [3.05, 3.63) is 60.7 Å². The van der Waals surface area contributed by atoms with Gasteiger partial charge in [0.2, 0.25) is 5.91 Å². The summed E-state index contributed by atoms with van der Waals surface area (Å²) < 4.78 is 0. The Morgan fingerprint density at radius 2 is 1.66 bits per heavy atom. The summed E-state index contributed by atoms with van der Waals surface area (Å²) in [6.07, 6.45) is 0.756. The topological polar surface area (TPSA) is 73.0 Å². The largest absolute Gasteiger partial charge is 0.375 e. The zero-order valence-corrected chi connectivity index (χ0v) is 16.7. The van der Waals surface area contributed by atoms with Crippen molar-refractivity contribution in [2.75, 3.05) is 36.5 Å². The molecule has 0 aromatic heterocycles. The molecular formula is C22H26N4O3. The van der Waals surface area contributed by atoms with Crippen LogP contribution in [0.25, 0.3) is 0 Å². The molecule has 3 rings (SSSR count). The van der Waals surface area contributed by atoms with Crippen LogP contribution in [0.15, 0.2) is 60.7 Å². The number of carbonyl (C=O) groups excluding carboxylic acids is 3. The van der Waals surface area contributed by atoms with Gasteiger partial charge >= 0.3 is 6.03 Å². The van der Waals surface area contributed by atoms with Crippen LogP contribution in [0.4, 0.5) is 16.2 Å². The van der Waals surface area contributed by atoms with E-state index in [0.717, 1.165) is 23.6 Å². The summed E-state index contributed by atoms with van der Waals surface area (Å²) in [4.78, 5) is 42.0. The fourth-order valence-corrected chi connectivity index (χ4v) is 3.35. The number of rotatable bonds is 8. The Balaban J connectivity index is 1.48. The molecule has 0 saturated carbocycles. The number of hydrogen-bond donors (Lipinski definition) is 1. The highest BCUT2D eigenvalue weighted by Crippen LogP contribution is 2.25.